The van der Waals surface area contributed by atoms with Crippen molar-refractivity contribution in [1.29, 1.82) is 0 Å². The molecule has 6 N–H and O–H groups in total. The summed E-state index contributed by atoms with van der Waals surface area (Å²) in [5, 5.41) is 9.79. The topological polar surface area (TPSA) is 101 Å². The molecule has 7 heteroatoms. The van der Waals surface area contributed by atoms with Gasteiger partial charge in [-0.25, -0.2) is 10.6 Å². The molecule has 0 aromatic heterocycles. The summed E-state index contributed by atoms with van der Waals surface area (Å²) in [6, 6.07) is 15.5. The Morgan fingerprint density at radius 3 is 2.43 bits per heavy atom. The Kier molecular flexibility index (Phi) is 5.92. The predicted molar refractivity (Wildman–Crippen MR) is 94.4 cm³/mol. The largest absolute Gasteiger partial charge is 0.477 e. The minimum atomic E-state index is -1.21. The molecule has 23 heavy (non-hydrogen) atoms. The van der Waals surface area contributed by atoms with E-state index < -0.39 is 5.97 Å². The summed E-state index contributed by atoms with van der Waals surface area (Å²) in [5.41, 5.74) is 10.6. The Morgan fingerprint density at radius 1 is 1.17 bits per heavy atom. The number of carboxylic acid groups (broad SMARTS) is 1. The van der Waals surface area contributed by atoms with E-state index in [4.69, 9.17) is 28.3 Å². The molecule has 0 saturated carbocycles. The van der Waals surface area contributed by atoms with Crippen LogP contribution >= 0.6 is 23.4 Å². The number of hydrogen-bond acceptors (Lipinski definition) is 5. The lowest BCUT2D eigenvalue weighted by Crippen LogP contribution is -2.26. The van der Waals surface area contributed by atoms with Gasteiger partial charge in [0.25, 0.3) is 0 Å². The average molecular weight is 350 g/mol. The van der Waals surface area contributed by atoms with E-state index in [0.717, 1.165) is 16.7 Å². The third kappa shape index (κ3) is 4.66. The number of carboxylic acids is 1. The van der Waals surface area contributed by atoms with Crippen LogP contribution in [-0.2, 0) is 10.5 Å². The Balaban J connectivity index is 2.09. The van der Waals surface area contributed by atoms with Crippen LogP contribution in [0.15, 0.2) is 59.3 Å². The molecule has 0 aliphatic rings. The molecule has 2 aromatic rings. The molecule has 0 saturated heterocycles. The molecule has 0 aliphatic heterocycles. The average Bonchev–Trinajstić information content (AvgIpc) is 2.55. The highest BCUT2D eigenvalue weighted by Gasteiger charge is 2.10. The van der Waals surface area contributed by atoms with Crippen LogP contribution in [0.1, 0.15) is 5.56 Å². The Bertz CT molecular complexity index is 732. The van der Waals surface area contributed by atoms with Crippen molar-refractivity contribution in [3.8, 4) is 11.1 Å². The monoisotopic (exact) mass is 349 g/mol. The molecule has 2 aromatic carbocycles. The van der Waals surface area contributed by atoms with Crippen LogP contribution in [0, 0.1) is 0 Å². The van der Waals surface area contributed by atoms with Gasteiger partial charge in [-0.3, -0.25) is 0 Å². The van der Waals surface area contributed by atoms with Gasteiger partial charge in [-0.15, -0.1) is 11.8 Å². The molecule has 0 radical (unpaired) electrons. The van der Waals surface area contributed by atoms with E-state index in [-0.39, 0.29) is 10.7 Å². The fourth-order valence-corrected chi connectivity index (χ4v) is 2.93. The van der Waals surface area contributed by atoms with Gasteiger partial charge >= 0.3 is 5.97 Å². The van der Waals surface area contributed by atoms with Crippen molar-refractivity contribution in [2.24, 2.45) is 11.6 Å². The van der Waals surface area contributed by atoms with Crippen molar-refractivity contribution < 1.29 is 9.90 Å². The standard InChI is InChI=1S/C16H16ClN3O2S/c17-13-3-1-2-12(8-13)11-6-4-10(5-7-11)9-23-15(20-19)14(18)16(21)22/h1-8,20H,9,18-19H2,(H,21,22)/b15-14+. The van der Waals surface area contributed by atoms with Crippen molar-refractivity contribution >= 4 is 29.3 Å². The van der Waals surface area contributed by atoms with Crippen molar-refractivity contribution in [2.45, 2.75) is 5.75 Å². The summed E-state index contributed by atoms with van der Waals surface area (Å²) < 4.78 is 0. The Morgan fingerprint density at radius 2 is 1.87 bits per heavy atom. The van der Waals surface area contributed by atoms with E-state index >= 15 is 0 Å². The summed E-state index contributed by atoms with van der Waals surface area (Å²) in [5.74, 6) is 4.64. The molecule has 120 valence electrons. The third-order valence-electron chi connectivity index (χ3n) is 3.10. The summed E-state index contributed by atoms with van der Waals surface area (Å²) >= 11 is 7.23. The van der Waals surface area contributed by atoms with Gasteiger partial charge in [-0.2, -0.15) is 0 Å². The zero-order valence-electron chi connectivity index (χ0n) is 12.1. The lowest BCUT2D eigenvalue weighted by molar-refractivity contribution is -0.132. The number of hydrazine groups is 1. The number of carbonyl (C=O) groups is 1. The van der Waals surface area contributed by atoms with Gasteiger partial charge in [0.1, 0.15) is 10.7 Å². The number of aliphatic carboxylic acids is 1. The van der Waals surface area contributed by atoms with Crippen LogP contribution in [0.4, 0.5) is 0 Å². The predicted octanol–water partition coefficient (Wildman–Crippen LogP) is 2.92. The van der Waals surface area contributed by atoms with Gasteiger partial charge in [0.05, 0.1) is 0 Å². The van der Waals surface area contributed by atoms with Crippen molar-refractivity contribution in [3.05, 3.63) is 69.8 Å². The minimum Gasteiger partial charge on any atom is -0.477 e. The number of thioether (sulfide) groups is 1. The molecule has 2 rings (SSSR count). The second-order valence-electron chi connectivity index (χ2n) is 4.69. The van der Waals surface area contributed by atoms with Crippen LogP contribution in [0.2, 0.25) is 5.02 Å². The van der Waals surface area contributed by atoms with Crippen LogP contribution in [0.5, 0.6) is 0 Å². The van der Waals surface area contributed by atoms with Crippen LogP contribution in [-0.4, -0.2) is 11.1 Å². The molecule has 0 aliphatic carbocycles. The van der Waals surface area contributed by atoms with E-state index in [1.807, 2.05) is 48.5 Å². The Hall–Kier alpha value is -2.15. The molecule has 0 amide bonds. The normalized spacial score (nSPS) is 11.7. The maximum absolute atomic E-state index is 10.8. The quantitative estimate of drug-likeness (QED) is 0.363. The SMILES string of the molecule is NN/C(SCc1ccc(-c2cccc(Cl)c2)cc1)=C(\N)C(=O)O. The van der Waals surface area contributed by atoms with Gasteiger partial charge in [-0.1, -0.05) is 48.0 Å². The third-order valence-corrected chi connectivity index (χ3v) is 4.44. The summed E-state index contributed by atoms with van der Waals surface area (Å²) in [4.78, 5) is 10.8. The summed E-state index contributed by atoms with van der Waals surface area (Å²) in [7, 11) is 0. The zero-order chi connectivity index (χ0) is 16.8. The Labute approximate surface area is 143 Å². The van der Waals surface area contributed by atoms with Crippen LogP contribution in [0.3, 0.4) is 0 Å². The van der Waals surface area contributed by atoms with Gasteiger partial charge in [0, 0.05) is 10.8 Å². The lowest BCUT2D eigenvalue weighted by atomic mass is 10.0. The second-order valence-corrected chi connectivity index (χ2v) is 6.11. The van der Waals surface area contributed by atoms with E-state index in [0.29, 0.717) is 10.8 Å². The molecular weight excluding hydrogens is 334 g/mol. The lowest BCUT2D eigenvalue weighted by Gasteiger charge is -2.09. The zero-order valence-corrected chi connectivity index (χ0v) is 13.7. The molecule has 0 spiro atoms. The summed E-state index contributed by atoms with van der Waals surface area (Å²) in [6.07, 6.45) is 0. The van der Waals surface area contributed by atoms with Crippen molar-refractivity contribution in [1.82, 2.24) is 5.43 Å². The van der Waals surface area contributed by atoms with Gasteiger partial charge in [0.15, 0.2) is 0 Å². The second kappa shape index (κ2) is 7.92. The molecule has 0 heterocycles. The number of halogens is 1. The van der Waals surface area contributed by atoms with Gasteiger partial charge in [-0.05, 0) is 28.8 Å². The van der Waals surface area contributed by atoms with E-state index in [1.165, 1.54) is 11.8 Å². The smallest absolute Gasteiger partial charge is 0.354 e. The van der Waals surface area contributed by atoms with E-state index in [1.54, 1.807) is 0 Å². The number of hydrogen-bond donors (Lipinski definition) is 4. The van der Waals surface area contributed by atoms with Crippen molar-refractivity contribution in [3.63, 3.8) is 0 Å². The van der Waals surface area contributed by atoms with E-state index in [9.17, 15) is 4.79 Å². The molecule has 5 nitrogen and oxygen atoms in total. The van der Waals surface area contributed by atoms with Gasteiger partial charge in [0.2, 0.25) is 0 Å². The molecule has 0 fully saturated rings. The molecule has 0 atom stereocenters. The maximum Gasteiger partial charge on any atom is 0.354 e. The molecule has 0 unspecified atom stereocenters. The highest BCUT2D eigenvalue weighted by atomic mass is 35.5. The number of nitrogens with one attached hydrogen (secondary N) is 1. The van der Waals surface area contributed by atoms with Crippen molar-refractivity contribution in [2.75, 3.05) is 0 Å². The highest BCUT2D eigenvalue weighted by Crippen LogP contribution is 2.25. The number of rotatable bonds is 6. The fraction of sp³-hybridized carbons (Fsp3) is 0.0625. The van der Waals surface area contributed by atoms with E-state index in [2.05, 4.69) is 5.43 Å². The number of benzene rings is 2. The first kappa shape index (κ1) is 17.2. The highest BCUT2D eigenvalue weighted by molar-refractivity contribution is 8.02. The minimum absolute atomic E-state index is 0.233. The maximum atomic E-state index is 10.8. The molecule has 0 bridgehead atoms. The first-order valence-electron chi connectivity index (χ1n) is 6.68. The van der Waals surface area contributed by atoms with Crippen LogP contribution in [0.25, 0.3) is 11.1 Å². The molecular formula is C16H16ClN3O2S. The summed E-state index contributed by atoms with van der Waals surface area (Å²) in [6.45, 7) is 0. The van der Waals surface area contributed by atoms with Gasteiger partial charge < -0.3 is 16.3 Å². The fourth-order valence-electron chi connectivity index (χ4n) is 1.91. The number of nitrogens with two attached hydrogens (primary N) is 2. The van der Waals surface area contributed by atoms with Crippen LogP contribution < -0.4 is 17.0 Å². The first-order valence-corrected chi connectivity index (χ1v) is 8.05. The first-order chi connectivity index (χ1) is 11.0.